The Balaban J connectivity index is 1.57. The van der Waals surface area contributed by atoms with E-state index < -0.39 is 6.04 Å². The number of nitrogens with one attached hydrogen (secondary N) is 1. The molecule has 2 saturated heterocycles. The summed E-state index contributed by atoms with van der Waals surface area (Å²) in [6.45, 7) is 6.52. The number of morpholine rings is 1. The molecule has 2 unspecified atom stereocenters. The summed E-state index contributed by atoms with van der Waals surface area (Å²) in [5, 5.41) is 2.84. The maximum atomic E-state index is 12.6. The monoisotopic (exact) mass is 367 g/mol. The van der Waals surface area contributed by atoms with Crippen molar-refractivity contribution in [3.05, 3.63) is 24.2 Å². The second kappa shape index (κ2) is 8.73. The second-order valence-corrected chi connectivity index (χ2v) is 7.27. The van der Waals surface area contributed by atoms with Crippen LogP contribution in [0.15, 0.2) is 23.0 Å². The Morgan fingerprint density at radius 1 is 1.36 bits per heavy atom. The summed E-state index contributed by atoms with van der Waals surface area (Å²) in [4.78, 5) is 29.1. The van der Waals surface area contributed by atoms with Gasteiger partial charge in [0.05, 0.1) is 25.7 Å². The summed E-state index contributed by atoms with van der Waals surface area (Å²) in [6.07, 6.45) is 3.62. The van der Waals surface area contributed by atoms with Crippen LogP contribution in [0.2, 0.25) is 0 Å². The number of carbonyl (C=O) groups is 2. The Bertz CT molecular complexity index is 574. The van der Waals surface area contributed by atoms with Crippen LogP contribution in [0, 0.1) is 0 Å². The minimum Gasteiger partial charge on any atom is -0.472 e. The Morgan fingerprint density at radius 2 is 2.16 bits per heavy atom. The van der Waals surface area contributed by atoms with Crippen molar-refractivity contribution in [1.82, 2.24) is 15.1 Å². The highest BCUT2D eigenvalue weighted by Crippen LogP contribution is 2.41. The van der Waals surface area contributed by atoms with E-state index in [1.165, 1.54) is 0 Å². The van der Waals surface area contributed by atoms with Gasteiger partial charge >= 0.3 is 0 Å². The van der Waals surface area contributed by atoms with Gasteiger partial charge in [0.25, 0.3) is 0 Å². The van der Waals surface area contributed by atoms with Gasteiger partial charge in [0.15, 0.2) is 0 Å². The predicted octanol–water partition coefficient (Wildman–Crippen LogP) is 1.08. The van der Waals surface area contributed by atoms with Crippen molar-refractivity contribution in [3.8, 4) is 0 Å². The Hall–Kier alpha value is -1.51. The molecule has 7 nitrogen and oxygen atoms in total. The van der Waals surface area contributed by atoms with E-state index in [-0.39, 0.29) is 17.2 Å². The van der Waals surface area contributed by atoms with E-state index in [1.54, 1.807) is 29.2 Å². The lowest BCUT2D eigenvalue weighted by atomic mass is 10.2. The van der Waals surface area contributed by atoms with Gasteiger partial charge in [0, 0.05) is 43.9 Å². The molecule has 0 aliphatic carbocycles. The quantitative estimate of drug-likeness (QED) is 0.811. The molecule has 0 aromatic carbocycles. The molecule has 0 spiro atoms. The maximum Gasteiger partial charge on any atom is 0.243 e. The molecule has 1 N–H and O–H groups in total. The summed E-state index contributed by atoms with van der Waals surface area (Å²) < 4.78 is 10.5. The molecule has 2 atom stereocenters. The molecule has 8 heteroatoms. The van der Waals surface area contributed by atoms with Gasteiger partial charge in [-0.05, 0) is 6.07 Å². The van der Waals surface area contributed by atoms with Crippen molar-refractivity contribution < 1.29 is 18.7 Å². The Morgan fingerprint density at radius 3 is 2.84 bits per heavy atom. The zero-order valence-electron chi connectivity index (χ0n) is 14.5. The molecule has 138 valence electrons. The lowest BCUT2D eigenvalue weighted by molar-refractivity contribution is -0.139. The number of amides is 2. The molecular formula is C17H25N3O4S. The zero-order chi connectivity index (χ0) is 17.6. The fourth-order valence-corrected chi connectivity index (χ4v) is 4.58. The van der Waals surface area contributed by atoms with Crippen LogP contribution in [0.1, 0.15) is 24.3 Å². The largest absolute Gasteiger partial charge is 0.472 e. The molecule has 25 heavy (non-hydrogen) atoms. The van der Waals surface area contributed by atoms with E-state index in [0.717, 1.165) is 38.4 Å². The fourth-order valence-electron chi connectivity index (χ4n) is 3.15. The van der Waals surface area contributed by atoms with Crippen LogP contribution in [-0.2, 0) is 14.3 Å². The number of hydrogen-bond donors (Lipinski definition) is 1. The van der Waals surface area contributed by atoms with Gasteiger partial charge in [-0.3, -0.25) is 14.5 Å². The molecule has 3 heterocycles. The second-order valence-electron chi connectivity index (χ2n) is 6.16. The van der Waals surface area contributed by atoms with Crippen molar-refractivity contribution in [3.63, 3.8) is 0 Å². The first-order valence-corrected chi connectivity index (χ1v) is 9.78. The molecule has 2 amide bonds. The lowest BCUT2D eigenvalue weighted by Gasteiger charge is -2.29. The van der Waals surface area contributed by atoms with E-state index >= 15 is 0 Å². The molecule has 2 aliphatic rings. The number of rotatable bonds is 6. The minimum absolute atomic E-state index is 0.00970. The van der Waals surface area contributed by atoms with Gasteiger partial charge < -0.3 is 19.4 Å². The van der Waals surface area contributed by atoms with Gasteiger partial charge in [-0.15, -0.1) is 11.8 Å². The van der Waals surface area contributed by atoms with Gasteiger partial charge in [0.1, 0.15) is 11.4 Å². The van der Waals surface area contributed by atoms with Crippen LogP contribution in [0.25, 0.3) is 0 Å². The summed E-state index contributed by atoms with van der Waals surface area (Å²) >= 11 is 1.61. The Kier molecular flexibility index (Phi) is 6.39. The van der Waals surface area contributed by atoms with Gasteiger partial charge in [-0.2, -0.15) is 0 Å². The first-order chi connectivity index (χ1) is 12.2. The fraction of sp³-hybridized carbons (Fsp3) is 0.647. The Labute approximate surface area is 152 Å². The maximum absolute atomic E-state index is 12.6. The third kappa shape index (κ3) is 4.37. The van der Waals surface area contributed by atoms with Crippen molar-refractivity contribution >= 4 is 23.6 Å². The van der Waals surface area contributed by atoms with Crippen LogP contribution in [0.5, 0.6) is 0 Å². The lowest BCUT2D eigenvalue weighted by Crippen LogP contribution is -2.49. The molecule has 1 aromatic heterocycles. The summed E-state index contributed by atoms with van der Waals surface area (Å²) in [5.74, 6) is 0.517. The molecule has 2 fully saturated rings. The summed E-state index contributed by atoms with van der Waals surface area (Å²) in [6, 6.07) is 1.42. The van der Waals surface area contributed by atoms with Gasteiger partial charge in [-0.25, -0.2) is 0 Å². The number of ether oxygens (including phenoxy) is 1. The average Bonchev–Trinajstić information content (AvgIpc) is 3.31. The van der Waals surface area contributed by atoms with E-state index in [0.29, 0.717) is 18.7 Å². The molecule has 0 bridgehead atoms. The molecule has 3 rings (SSSR count). The first-order valence-electron chi connectivity index (χ1n) is 8.73. The SMILES string of the molecule is CCC(=O)N1C(C(=O)NCCN2CCOCC2)CSC1c1ccoc1. The molecule has 1 aromatic rings. The third-order valence-electron chi connectivity index (χ3n) is 4.55. The van der Waals surface area contributed by atoms with Gasteiger partial charge in [-0.1, -0.05) is 6.92 Å². The zero-order valence-corrected chi connectivity index (χ0v) is 15.3. The standard InChI is InChI=1S/C17H25N3O4S/c1-2-15(21)20-14(12-25-17(20)13-3-8-24-11-13)16(22)18-4-5-19-6-9-23-10-7-19/h3,8,11,14,17H,2,4-7,9-10,12H2,1H3,(H,18,22). The number of furan rings is 1. The van der Waals surface area contributed by atoms with Crippen molar-refractivity contribution in [2.45, 2.75) is 24.8 Å². The highest BCUT2D eigenvalue weighted by molar-refractivity contribution is 7.99. The summed E-state index contributed by atoms with van der Waals surface area (Å²) in [7, 11) is 0. The third-order valence-corrected chi connectivity index (χ3v) is 5.88. The molecular weight excluding hydrogens is 342 g/mol. The van der Waals surface area contributed by atoms with E-state index in [2.05, 4.69) is 10.2 Å². The van der Waals surface area contributed by atoms with Crippen LogP contribution >= 0.6 is 11.8 Å². The molecule has 0 saturated carbocycles. The average molecular weight is 367 g/mol. The topological polar surface area (TPSA) is 75.0 Å². The normalized spacial score (nSPS) is 24.4. The highest BCUT2D eigenvalue weighted by Gasteiger charge is 2.41. The van der Waals surface area contributed by atoms with Gasteiger partial charge in [0.2, 0.25) is 11.8 Å². The van der Waals surface area contributed by atoms with E-state index in [4.69, 9.17) is 9.15 Å². The number of carbonyl (C=O) groups excluding carboxylic acids is 2. The van der Waals surface area contributed by atoms with Crippen molar-refractivity contribution in [2.24, 2.45) is 0 Å². The van der Waals surface area contributed by atoms with E-state index in [1.807, 2.05) is 13.0 Å². The highest BCUT2D eigenvalue weighted by atomic mass is 32.2. The predicted molar refractivity (Wildman–Crippen MR) is 95.1 cm³/mol. The number of hydrogen-bond acceptors (Lipinski definition) is 6. The number of thioether (sulfide) groups is 1. The minimum atomic E-state index is -0.429. The first kappa shape index (κ1) is 18.3. The number of nitrogens with zero attached hydrogens (tertiary/aromatic N) is 2. The molecule has 2 aliphatic heterocycles. The van der Waals surface area contributed by atoms with Crippen LogP contribution < -0.4 is 5.32 Å². The van der Waals surface area contributed by atoms with Crippen LogP contribution in [0.4, 0.5) is 0 Å². The molecule has 0 radical (unpaired) electrons. The van der Waals surface area contributed by atoms with Crippen molar-refractivity contribution in [1.29, 1.82) is 0 Å². The van der Waals surface area contributed by atoms with E-state index in [9.17, 15) is 9.59 Å². The smallest absolute Gasteiger partial charge is 0.243 e. The van der Waals surface area contributed by atoms with Crippen LogP contribution in [0.3, 0.4) is 0 Å². The van der Waals surface area contributed by atoms with Crippen LogP contribution in [-0.4, -0.2) is 72.8 Å². The van der Waals surface area contributed by atoms with Crippen molar-refractivity contribution in [2.75, 3.05) is 45.1 Å². The summed E-state index contributed by atoms with van der Waals surface area (Å²) in [5.41, 5.74) is 0.926.